The first-order chi connectivity index (χ1) is 10.3. The smallest absolute Gasteiger partial charge is 0.241 e. The minimum atomic E-state index is -0.0370. The third kappa shape index (κ3) is 5.84. The molecule has 7 heteroatoms. The van der Waals surface area contributed by atoms with Crippen LogP contribution in [0, 0.1) is 0 Å². The van der Waals surface area contributed by atoms with Crippen LogP contribution in [-0.2, 0) is 9.53 Å². The van der Waals surface area contributed by atoms with Crippen LogP contribution in [0.4, 0.5) is 11.4 Å². The van der Waals surface area contributed by atoms with Crippen LogP contribution in [-0.4, -0.2) is 37.7 Å². The van der Waals surface area contributed by atoms with Crippen molar-refractivity contribution >= 4 is 42.1 Å². The standard InChI is InChI=1S/C16H23N3O2.2ClH/c20-16(15-2-1-9-17-15)19-13-5-3-12(4-6-13)18-14-7-10-21-11-8-14;;/h3-6,14-15,17-18H,1-2,7-11H2,(H,19,20);2*1H. The maximum atomic E-state index is 12.0. The van der Waals surface area contributed by atoms with E-state index in [1.165, 1.54) is 0 Å². The summed E-state index contributed by atoms with van der Waals surface area (Å²) < 4.78 is 5.36. The molecule has 2 fully saturated rings. The molecule has 0 bridgehead atoms. The van der Waals surface area contributed by atoms with E-state index < -0.39 is 0 Å². The summed E-state index contributed by atoms with van der Waals surface area (Å²) in [5.74, 6) is 0.0673. The molecule has 0 aliphatic carbocycles. The molecule has 0 radical (unpaired) electrons. The Labute approximate surface area is 149 Å². The second-order valence-electron chi connectivity index (χ2n) is 5.75. The molecular formula is C16H25Cl2N3O2. The molecule has 1 amide bonds. The van der Waals surface area contributed by atoms with Crippen molar-refractivity contribution in [1.29, 1.82) is 0 Å². The predicted molar refractivity (Wildman–Crippen MR) is 98.1 cm³/mol. The van der Waals surface area contributed by atoms with Crippen molar-refractivity contribution in [3.8, 4) is 0 Å². The van der Waals surface area contributed by atoms with Crippen LogP contribution in [0.1, 0.15) is 25.7 Å². The monoisotopic (exact) mass is 361 g/mol. The van der Waals surface area contributed by atoms with Crippen LogP contribution in [0.15, 0.2) is 24.3 Å². The van der Waals surface area contributed by atoms with Crippen LogP contribution in [0.5, 0.6) is 0 Å². The van der Waals surface area contributed by atoms with Gasteiger partial charge in [0.2, 0.25) is 5.91 Å². The number of ether oxygens (including phenoxy) is 1. The Kier molecular flexibility index (Phi) is 8.69. The number of benzene rings is 1. The van der Waals surface area contributed by atoms with Gasteiger partial charge in [-0.2, -0.15) is 0 Å². The lowest BCUT2D eigenvalue weighted by atomic mass is 10.1. The highest BCUT2D eigenvalue weighted by atomic mass is 35.5. The number of halogens is 2. The zero-order chi connectivity index (χ0) is 14.5. The molecule has 2 aliphatic heterocycles. The Balaban J connectivity index is 0.00000132. The van der Waals surface area contributed by atoms with Crippen molar-refractivity contribution in [3.63, 3.8) is 0 Å². The van der Waals surface area contributed by atoms with E-state index in [0.29, 0.717) is 6.04 Å². The van der Waals surface area contributed by atoms with E-state index in [1.54, 1.807) is 0 Å². The summed E-state index contributed by atoms with van der Waals surface area (Å²) in [6.07, 6.45) is 4.10. The molecule has 1 aromatic carbocycles. The molecule has 2 aliphatic rings. The highest BCUT2D eigenvalue weighted by Gasteiger charge is 2.21. The Hall–Kier alpha value is -1.01. The Morgan fingerprint density at radius 3 is 2.30 bits per heavy atom. The van der Waals surface area contributed by atoms with Gasteiger partial charge in [-0.05, 0) is 56.5 Å². The summed E-state index contributed by atoms with van der Waals surface area (Å²) in [7, 11) is 0. The number of amides is 1. The second-order valence-corrected chi connectivity index (χ2v) is 5.75. The molecule has 1 aromatic rings. The first-order valence-corrected chi connectivity index (χ1v) is 7.80. The van der Waals surface area contributed by atoms with E-state index in [-0.39, 0.29) is 36.8 Å². The zero-order valence-electron chi connectivity index (χ0n) is 13.0. The fourth-order valence-corrected chi connectivity index (χ4v) is 2.87. The van der Waals surface area contributed by atoms with E-state index in [4.69, 9.17) is 4.74 Å². The summed E-state index contributed by atoms with van der Waals surface area (Å²) in [5.41, 5.74) is 1.95. The molecule has 3 N–H and O–H groups in total. The first kappa shape index (κ1) is 20.0. The van der Waals surface area contributed by atoms with Crippen LogP contribution in [0.2, 0.25) is 0 Å². The van der Waals surface area contributed by atoms with Gasteiger partial charge in [0.25, 0.3) is 0 Å². The number of carbonyl (C=O) groups excluding carboxylic acids is 1. The van der Waals surface area contributed by atoms with Crippen molar-refractivity contribution in [1.82, 2.24) is 5.32 Å². The number of anilines is 2. The number of nitrogens with one attached hydrogen (secondary N) is 3. The van der Waals surface area contributed by atoms with Crippen LogP contribution in [0.3, 0.4) is 0 Å². The zero-order valence-corrected chi connectivity index (χ0v) is 14.7. The normalized spacial score (nSPS) is 21.0. The van der Waals surface area contributed by atoms with E-state index in [0.717, 1.165) is 56.8 Å². The van der Waals surface area contributed by atoms with Crippen LogP contribution < -0.4 is 16.0 Å². The average Bonchev–Trinajstić information content (AvgIpc) is 3.05. The van der Waals surface area contributed by atoms with Gasteiger partial charge in [0.15, 0.2) is 0 Å². The highest BCUT2D eigenvalue weighted by Crippen LogP contribution is 2.18. The van der Waals surface area contributed by atoms with Gasteiger partial charge >= 0.3 is 0 Å². The van der Waals surface area contributed by atoms with Gasteiger partial charge in [0.05, 0.1) is 6.04 Å². The first-order valence-electron chi connectivity index (χ1n) is 7.80. The SMILES string of the molecule is Cl.Cl.O=C(Nc1ccc(NC2CCOCC2)cc1)C1CCCN1. The maximum Gasteiger partial charge on any atom is 0.241 e. The van der Waals surface area contributed by atoms with Crippen molar-refractivity contribution < 1.29 is 9.53 Å². The molecule has 130 valence electrons. The lowest BCUT2D eigenvalue weighted by molar-refractivity contribution is -0.117. The minimum absolute atomic E-state index is 0. The summed E-state index contributed by atoms with van der Waals surface area (Å²) in [6.45, 7) is 2.60. The van der Waals surface area contributed by atoms with E-state index in [1.807, 2.05) is 24.3 Å². The van der Waals surface area contributed by atoms with E-state index in [9.17, 15) is 4.79 Å². The number of hydrogen-bond acceptors (Lipinski definition) is 4. The molecule has 1 atom stereocenters. The second kappa shape index (κ2) is 9.98. The summed E-state index contributed by atoms with van der Waals surface area (Å²) >= 11 is 0. The number of carbonyl (C=O) groups is 1. The average molecular weight is 362 g/mol. The number of hydrogen-bond donors (Lipinski definition) is 3. The predicted octanol–water partition coefficient (Wildman–Crippen LogP) is 2.81. The van der Waals surface area contributed by atoms with Gasteiger partial charge in [-0.1, -0.05) is 0 Å². The Morgan fingerprint density at radius 2 is 1.70 bits per heavy atom. The lowest BCUT2D eigenvalue weighted by Gasteiger charge is -2.24. The highest BCUT2D eigenvalue weighted by molar-refractivity contribution is 5.95. The van der Waals surface area contributed by atoms with Crippen molar-refractivity contribution in [3.05, 3.63) is 24.3 Å². The maximum absolute atomic E-state index is 12.0. The van der Waals surface area contributed by atoms with Gasteiger partial charge < -0.3 is 20.7 Å². The summed E-state index contributed by atoms with van der Waals surface area (Å²) in [4.78, 5) is 12.0. The molecule has 2 heterocycles. The molecule has 2 saturated heterocycles. The minimum Gasteiger partial charge on any atom is -0.382 e. The fourth-order valence-electron chi connectivity index (χ4n) is 2.87. The molecule has 0 aromatic heterocycles. The van der Waals surface area contributed by atoms with Crippen molar-refractivity contribution in [2.75, 3.05) is 30.4 Å². The molecule has 3 rings (SSSR count). The third-order valence-electron chi connectivity index (χ3n) is 4.12. The summed E-state index contributed by atoms with van der Waals surface area (Å²) in [5, 5.41) is 9.68. The quantitative estimate of drug-likeness (QED) is 0.771. The third-order valence-corrected chi connectivity index (χ3v) is 4.12. The topological polar surface area (TPSA) is 62.4 Å². The van der Waals surface area contributed by atoms with Gasteiger partial charge in [-0.3, -0.25) is 4.79 Å². The van der Waals surface area contributed by atoms with Crippen molar-refractivity contribution in [2.45, 2.75) is 37.8 Å². The molecule has 5 nitrogen and oxygen atoms in total. The lowest BCUT2D eigenvalue weighted by Crippen LogP contribution is -2.35. The molecule has 1 unspecified atom stereocenters. The van der Waals surface area contributed by atoms with Gasteiger partial charge in [-0.25, -0.2) is 0 Å². The fraction of sp³-hybridized carbons (Fsp3) is 0.562. The Morgan fingerprint density at radius 1 is 1.04 bits per heavy atom. The molecule has 0 saturated carbocycles. The van der Waals surface area contributed by atoms with Crippen LogP contribution >= 0.6 is 24.8 Å². The van der Waals surface area contributed by atoms with Crippen molar-refractivity contribution in [2.24, 2.45) is 0 Å². The van der Waals surface area contributed by atoms with Gasteiger partial charge in [-0.15, -0.1) is 24.8 Å². The van der Waals surface area contributed by atoms with Gasteiger partial charge in [0.1, 0.15) is 0 Å². The van der Waals surface area contributed by atoms with Gasteiger partial charge in [0, 0.05) is 30.6 Å². The number of rotatable bonds is 4. The Bertz CT molecular complexity index is 473. The van der Waals surface area contributed by atoms with E-state index in [2.05, 4.69) is 16.0 Å². The molecule has 23 heavy (non-hydrogen) atoms. The summed E-state index contributed by atoms with van der Waals surface area (Å²) in [6, 6.07) is 8.40. The molecular weight excluding hydrogens is 337 g/mol. The van der Waals surface area contributed by atoms with E-state index >= 15 is 0 Å². The molecule has 0 spiro atoms. The largest absolute Gasteiger partial charge is 0.382 e. The van der Waals surface area contributed by atoms with Crippen LogP contribution in [0.25, 0.3) is 0 Å².